The molecule has 0 amide bonds. The average molecular weight is 349 g/mol. The zero-order valence-electron chi connectivity index (χ0n) is 13.3. The van der Waals surface area contributed by atoms with E-state index in [1.165, 1.54) is 0 Å². The van der Waals surface area contributed by atoms with Crippen molar-refractivity contribution in [1.82, 2.24) is 0 Å². The van der Waals surface area contributed by atoms with Gasteiger partial charge in [0.15, 0.2) is 0 Å². The summed E-state index contributed by atoms with van der Waals surface area (Å²) < 4.78 is 1.35. The van der Waals surface area contributed by atoms with Gasteiger partial charge in [-0.1, -0.05) is 38.8 Å². The van der Waals surface area contributed by atoms with Gasteiger partial charge in [0.2, 0.25) is 0 Å². The topological polar surface area (TPSA) is 0 Å². The van der Waals surface area contributed by atoms with Gasteiger partial charge in [-0.2, -0.15) is 0 Å². The molecule has 0 aliphatic carbocycles. The maximum atomic E-state index is 2.37. The van der Waals surface area contributed by atoms with Crippen LogP contribution in [0.25, 0.3) is 0 Å². The molecule has 0 fully saturated rings. The summed E-state index contributed by atoms with van der Waals surface area (Å²) >= 11 is -0.355. The Kier molecular flexibility index (Phi) is 9.89. The van der Waals surface area contributed by atoms with E-state index in [1.54, 1.807) is 0 Å². The van der Waals surface area contributed by atoms with Crippen LogP contribution < -0.4 is 0 Å². The average Bonchev–Trinajstić information content (AvgIpc) is 1.72. The van der Waals surface area contributed by atoms with E-state index in [-0.39, 0.29) is 21.1 Å². The van der Waals surface area contributed by atoms with Crippen molar-refractivity contribution in [2.75, 3.05) is 0 Å². The van der Waals surface area contributed by atoms with E-state index < -0.39 is 0 Å². The van der Waals surface area contributed by atoms with Gasteiger partial charge in [0.05, 0.1) is 0 Å². The summed E-state index contributed by atoms with van der Waals surface area (Å²) in [6, 6.07) is 0. The molecule has 0 unspecified atom stereocenters. The van der Waals surface area contributed by atoms with Crippen LogP contribution in [0, 0.1) is 0 Å². The molecule has 0 nitrogen and oxygen atoms in total. The molecule has 0 aromatic carbocycles. The van der Waals surface area contributed by atoms with Crippen molar-refractivity contribution in [3.63, 3.8) is 0 Å². The molecule has 0 heterocycles. The summed E-state index contributed by atoms with van der Waals surface area (Å²) in [5, 5.41) is 0. The van der Waals surface area contributed by atoms with Crippen LogP contribution in [0.3, 0.4) is 0 Å². The molecule has 0 aliphatic rings. The van der Waals surface area contributed by atoms with Crippen molar-refractivity contribution in [3.05, 3.63) is 0 Å². The Labute approximate surface area is 117 Å². The van der Waals surface area contributed by atoms with E-state index in [4.69, 9.17) is 0 Å². The van der Waals surface area contributed by atoms with Crippen molar-refractivity contribution in [2.45, 2.75) is 87.2 Å². The van der Waals surface area contributed by atoms with Crippen LogP contribution in [0.1, 0.15) is 69.2 Å². The Morgan fingerprint density at radius 1 is 0.688 bits per heavy atom. The molecule has 0 aliphatic heterocycles. The van der Waals surface area contributed by atoms with Gasteiger partial charge in [-0.3, -0.25) is 0 Å². The Morgan fingerprint density at radius 2 is 0.938 bits per heavy atom. The van der Waals surface area contributed by atoms with Crippen molar-refractivity contribution in [3.8, 4) is 0 Å². The van der Waals surface area contributed by atoms with Gasteiger partial charge in [-0.05, 0) is 0 Å². The molecular formula is C14H34SiSn. The molecule has 0 aromatic rings. The summed E-state index contributed by atoms with van der Waals surface area (Å²) in [5.41, 5.74) is 1.92. The molecule has 0 saturated carbocycles. The first-order valence-electron chi connectivity index (χ1n) is 6.55. The molecule has 2 heteroatoms. The molecule has 0 N–H and O–H groups in total. The minimum atomic E-state index is -0.355. The summed E-state index contributed by atoms with van der Waals surface area (Å²) in [6.07, 6.45) is 0. The Balaban J connectivity index is 0. The maximum absolute atomic E-state index is 2.37. The zero-order valence-corrected chi connectivity index (χ0v) is 17.8. The van der Waals surface area contributed by atoms with Gasteiger partial charge in [0.25, 0.3) is 0 Å². The SMILES string of the molecule is CC(C)[SiH]C(C)C.C[C](C)(C)[SnH][C](C)(C)C. The summed E-state index contributed by atoms with van der Waals surface area (Å²) in [4.78, 5) is 0. The molecular weight excluding hydrogens is 315 g/mol. The van der Waals surface area contributed by atoms with Crippen molar-refractivity contribution < 1.29 is 0 Å². The van der Waals surface area contributed by atoms with Crippen LogP contribution in [0.5, 0.6) is 0 Å². The first-order valence-corrected chi connectivity index (χ1v) is 11.2. The first kappa shape index (κ1) is 19.4. The van der Waals surface area contributed by atoms with E-state index in [0.29, 0.717) is 16.4 Å². The molecule has 0 atom stereocenters. The van der Waals surface area contributed by atoms with E-state index in [0.717, 1.165) is 11.1 Å². The molecule has 0 bridgehead atoms. The van der Waals surface area contributed by atoms with Gasteiger partial charge in [0, 0.05) is 9.52 Å². The molecule has 0 aromatic heterocycles. The Morgan fingerprint density at radius 3 is 0.938 bits per heavy atom. The van der Waals surface area contributed by atoms with E-state index in [2.05, 4.69) is 69.2 Å². The first-order chi connectivity index (χ1) is 6.83. The van der Waals surface area contributed by atoms with Crippen LogP contribution in [-0.4, -0.2) is 30.7 Å². The van der Waals surface area contributed by atoms with Crippen LogP contribution in [0.15, 0.2) is 0 Å². The number of hydrogen-bond acceptors (Lipinski definition) is 0. The van der Waals surface area contributed by atoms with Crippen molar-refractivity contribution in [2.24, 2.45) is 0 Å². The van der Waals surface area contributed by atoms with E-state index >= 15 is 0 Å². The molecule has 0 saturated heterocycles. The molecule has 0 spiro atoms. The standard InChI is InChI=1S/C6H15Si.2C4H9.Sn.H/c1-5(2)7-6(3)4;2*1-4(2)3;;/h5-7H,1-4H3;2*1-3H3;;. The van der Waals surface area contributed by atoms with Crippen LogP contribution in [0.4, 0.5) is 0 Å². The number of rotatable bonds is 2. The van der Waals surface area contributed by atoms with Gasteiger partial charge < -0.3 is 0 Å². The zero-order chi connectivity index (χ0) is 13.6. The van der Waals surface area contributed by atoms with E-state index in [1.807, 2.05) is 0 Å². The van der Waals surface area contributed by atoms with Crippen LogP contribution in [-0.2, 0) is 0 Å². The third-order valence-electron chi connectivity index (χ3n) is 1.64. The van der Waals surface area contributed by atoms with Gasteiger partial charge in [-0.25, -0.2) is 0 Å². The molecule has 0 rings (SSSR count). The Hall–Kier alpha value is 1.02. The third kappa shape index (κ3) is 24.3. The van der Waals surface area contributed by atoms with Gasteiger partial charge in [-0.15, -0.1) is 0 Å². The van der Waals surface area contributed by atoms with Crippen molar-refractivity contribution >= 4 is 30.7 Å². The minimum absolute atomic E-state index is 0.355. The Bertz CT molecular complexity index is 143. The van der Waals surface area contributed by atoms with Crippen LogP contribution in [0.2, 0.25) is 17.9 Å². The monoisotopic (exact) mass is 350 g/mol. The van der Waals surface area contributed by atoms with E-state index in [9.17, 15) is 0 Å². The second-order valence-electron chi connectivity index (χ2n) is 7.56. The molecule has 2 radical (unpaired) electrons. The van der Waals surface area contributed by atoms with Crippen LogP contribution >= 0.6 is 0 Å². The third-order valence-corrected chi connectivity index (χ3v) is 8.12. The number of hydrogen-bond donors (Lipinski definition) is 0. The quantitative estimate of drug-likeness (QED) is 0.620. The van der Waals surface area contributed by atoms with Crippen molar-refractivity contribution in [1.29, 1.82) is 0 Å². The molecule has 16 heavy (non-hydrogen) atoms. The fourth-order valence-corrected chi connectivity index (χ4v) is 11.0. The fourth-order valence-electron chi connectivity index (χ4n) is 2.07. The van der Waals surface area contributed by atoms with Gasteiger partial charge in [0.1, 0.15) is 0 Å². The predicted molar refractivity (Wildman–Crippen MR) is 83.9 cm³/mol. The fraction of sp³-hybridized carbons (Fsp3) is 1.00. The predicted octanol–water partition coefficient (Wildman–Crippen LogP) is 4.94. The summed E-state index contributed by atoms with van der Waals surface area (Å²) in [6.45, 7) is 23.4. The summed E-state index contributed by atoms with van der Waals surface area (Å²) in [5.74, 6) is 0. The second-order valence-corrected chi connectivity index (χ2v) is 21.3. The normalized spacial score (nSPS) is 12.8. The van der Waals surface area contributed by atoms with Gasteiger partial charge >= 0.3 is 69.5 Å². The molecule has 98 valence electrons. The summed E-state index contributed by atoms with van der Waals surface area (Å²) in [7, 11) is 0.713. The second kappa shape index (κ2) is 8.18.